The maximum Gasteiger partial charge on any atom is 0.174 e. The lowest BCUT2D eigenvalue weighted by Crippen LogP contribution is -2.13. The quantitative estimate of drug-likeness (QED) is 0.577. The normalized spacial score (nSPS) is 10.7. The third-order valence-electron chi connectivity index (χ3n) is 1.73. The molecule has 0 aromatic carbocycles. The average Bonchev–Trinajstić information content (AvgIpc) is 2.58. The highest BCUT2D eigenvalue weighted by atomic mass is 32.2. The van der Waals surface area contributed by atoms with E-state index in [0.29, 0.717) is 0 Å². The maximum absolute atomic E-state index is 4.07. The molecule has 80 valence electrons. The van der Waals surface area contributed by atoms with E-state index in [2.05, 4.69) is 22.4 Å². The van der Waals surface area contributed by atoms with Crippen molar-refractivity contribution in [3.63, 3.8) is 0 Å². The van der Waals surface area contributed by atoms with Crippen LogP contribution >= 0.6 is 23.1 Å². The van der Waals surface area contributed by atoms with Crippen LogP contribution in [-0.2, 0) is 0 Å². The number of nitrogens with zero attached hydrogens (tertiary/aromatic N) is 2. The van der Waals surface area contributed by atoms with Gasteiger partial charge in [0, 0.05) is 5.75 Å². The summed E-state index contributed by atoms with van der Waals surface area (Å²) in [5.74, 6) is 1.15. The molecular formula is C9H17N3S2. The Morgan fingerprint density at radius 1 is 1.36 bits per heavy atom. The van der Waals surface area contributed by atoms with Crippen LogP contribution in [0.2, 0.25) is 0 Å². The Morgan fingerprint density at radius 2 is 2.21 bits per heavy atom. The first-order chi connectivity index (χ1) is 6.83. The van der Waals surface area contributed by atoms with Gasteiger partial charge in [-0.2, -0.15) is 0 Å². The van der Waals surface area contributed by atoms with E-state index in [9.17, 15) is 0 Å². The molecule has 1 heterocycles. The van der Waals surface area contributed by atoms with Crippen molar-refractivity contribution in [1.29, 1.82) is 0 Å². The predicted molar refractivity (Wildman–Crippen MR) is 63.1 cm³/mol. The molecule has 0 radical (unpaired) electrons. The molecular weight excluding hydrogens is 214 g/mol. The van der Waals surface area contributed by atoms with Crippen molar-refractivity contribution in [2.75, 3.05) is 18.8 Å². The van der Waals surface area contributed by atoms with Crippen molar-refractivity contribution in [2.45, 2.75) is 31.0 Å². The highest BCUT2D eigenvalue weighted by Crippen LogP contribution is 2.22. The van der Waals surface area contributed by atoms with Crippen LogP contribution in [0.15, 0.2) is 4.34 Å². The summed E-state index contributed by atoms with van der Waals surface area (Å²) in [6.45, 7) is 6.33. The minimum Gasteiger partial charge on any atom is -0.317 e. The van der Waals surface area contributed by atoms with Gasteiger partial charge in [-0.1, -0.05) is 30.0 Å². The first kappa shape index (κ1) is 11.9. The molecule has 0 fully saturated rings. The molecule has 0 aliphatic heterocycles. The fourth-order valence-corrected chi connectivity index (χ4v) is 2.91. The first-order valence-electron chi connectivity index (χ1n) is 4.96. The minimum absolute atomic E-state index is 1.06. The predicted octanol–water partition coefficient (Wildman–Crippen LogP) is 2.33. The number of thioether (sulfide) groups is 1. The molecule has 0 bridgehead atoms. The largest absolute Gasteiger partial charge is 0.317 e. The SMILES string of the molecule is CCNCCCCSc1nnc(C)s1. The molecule has 0 amide bonds. The highest BCUT2D eigenvalue weighted by molar-refractivity contribution is 8.01. The van der Waals surface area contributed by atoms with Crippen LogP contribution in [0.4, 0.5) is 0 Å². The van der Waals surface area contributed by atoms with Gasteiger partial charge in [0.25, 0.3) is 0 Å². The van der Waals surface area contributed by atoms with Gasteiger partial charge in [-0.05, 0) is 32.9 Å². The Morgan fingerprint density at radius 3 is 2.86 bits per heavy atom. The van der Waals surface area contributed by atoms with E-state index >= 15 is 0 Å². The molecule has 0 unspecified atom stereocenters. The Hall–Kier alpha value is -0.130. The fourth-order valence-electron chi connectivity index (χ4n) is 1.03. The summed E-state index contributed by atoms with van der Waals surface area (Å²) in [4.78, 5) is 0. The zero-order valence-electron chi connectivity index (χ0n) is 8.75. The van der Waals surface area contributed by atoms with E-state index in [1.54, 1.807) is 11.3 Å². The summed E-state index contributed by atoms with van der Waals surface area (Å²) in [5.41, 5.74) is 0. The van der Waals surface area contributed by atoms with Crippen molar-refractivity contribution < 1.29 is 0 Å². The lowest BCUT2D eigenvalue weighted by atomic mass is 10.3. The Labute approximate surface area is 93.7 Å². The van der Waals surface area contributed by atoms with Crippen molar-refractivity contribution >= 4 is 23.1 Å². The van der Waals surface area contributed by atoms with E-state index in [-0.39, 0.29) is 0 Å². The number of nitrogens with one attached hydrogen (secondary N) is 1. The van der Waals surface area contributed by atoms with Crippen LogP contribution < -0.4 is 5.32 Å². The Bertz CT molecular complexity index is 250. The highest BCUT2D eigenvalue weighted by Gasteiger charge is 1.99. The second-order valence-electron chi connectivity index (χ2n) is 3.00. The number of hydrogen-bond donors (Lipinski definition) is 1. The molecule has 0 atom stereocenters. The first-order valence-corrected chi connectivity index (χ1v) is 6.76. The summed E-state index contributed by atoms with van der Waals surface area (Å²) in [5, 5.41) is 12.4. The monoisotopic (exact) mass is 231 g/mol. The molecule has 0 aliphatic carbocycles. The van der Waals surface area contributed by atoms with Gasteiger partial charge in [-0.25, -0.2) is 0 Å². The second-order valence-corrected chi connectivity index (χ2v) is 5.52. The van der Waals surface area contributed by atoms with Crippen LogP contribution in [0, 0.1) is 6.92 Å². The zero-order valence-corrected chi connectivity index (χ0v) is 10.4. The van der Waals surface area contributed by atoms with Crippen molar-refractivity contribution in [3.8, 4) is 0 Å². The van der Waals surface area contributed by atoms with Gasteiger partial charge in [0.15, 0.2) is 4.34 Å². The minimum atomic E-state index is 1.06. The van der Waals surface area contributed by atoms with E-state index in [4.69, 9.17) is 0 Å². The van der Waals surface area contributed by atoms with Crippen molar-refractivity contribution in [1.82, 2.24) is 15.5 Å². The van der Waals surface area contributed by atoms with Crippen LogP contribution in [0.25, 0.3) is 0 Å². The second kappa shape index (κ2) is 7.20. The molecule has 0 saturated carbocycles. The number of hydrogen-bond acceptors (Lipinski definition) is 5. The number of rotatable bonds is 7. The van der Waals surface area contributed by atoms with Gasteiger partial charge >= 0.3 is 0 Å². The molecule has 5 heteroatoms. The number of aromatic nitrogens is 2. The van der Waals surface area contributed by atoms with Crippen LogP contribution in [-0.4, -0.2) is 29.0 Å². The third-order valence-corrected chi connectivity index (χ3v) is 3.79. The van der Waals surface area contributed by atoms with E-state index in [1.165, 1.54) is 12.8 Å². The molecule has 0 spiro atoms. The molecule has 0 saturated heterocycles. The summed E-state index contributed by atoms with van der Waals surface area (Å²) in [6.07, 6.45) is 2.49. The Balaban J connectivity index is 1.99. The van der Waals surface area contributed by atoms with Gasteiger partial charge in [-0.15, -0.1) is 10.2 Å². The molecule has 0 aliphatic rings. The summed E-state index contributed by atoms with van der Waals surface area (Å²) < 4.78 is 1.10. The molecule has 1 N–H and O–H groups in total. The summed E-state index contributed by atoms with van der Waals surface area (Å²) in [7, 11) is 0. The van der Waals surface area contributed by atoms with Gasteiger partial charge in [0.2, 0.25) is 0 Å². The fraction of sp³-hybridized carbons (Fsp3) is 0.778. The number of aryl methyl sites for hydroxylation is 1. The van der Waals surface area contributed by atoms with E-state index < -0.39 is 0 Å². The lowest BCUT2D eigenvalue weighted by Gasteiger charge is -1.99. The standard InChI is InChI=1S/C9H17N3S2/c1-3-10-6-4-5-7-13-9-12-11-8(2)14-9/h10H,3-7H2,1-2H3. The van der Waals surface area contributed by atoms with Crippen LogP contribution in [0.5, 0.6) is 0 Å². The molecule has 1 aromatic heterocycles. The lowest BCUT2D eigenvalue weighted by molar-refractivity contribution is 0.666. The van der Waals surface area contributed by atoms with Gasteiger partial charge in [0.1, 0.15) is 5.01 Å². The smallest absolute Gasteiger partial charge is 0.174 e. The van der Waals surface area contributed by atoms with E-state index in [1.807, 2.05) is 18.7 Å². The molecule has 1 aromatic rings. The summed E-state index contributed by atoms with van der Waals surface area (Å²) in [6, 6.07) is 0. The van der Waals surface area contributed by atoms with Gasteiger partial charge in [-0.3, -0.25) is 0 Å². The topological polar surface area (TPSA) is 37.8 Å². The summed E-state index contributed by atoms with van der Waals surface area (Å²) >= 11 is 3.50. The van der Waals surface area contributed by atoms with Crippen molar-refractivity contribution in [3.05, 3.63) is 5.01 Å². The van der Waals surface area contributed by atoms with Crippen LogP contribution in [0.1, 0.15) is 24.8 Å². The van der Waals surface area contributed by atoms with E-state index in [0.717, 1.165) is 28.2 Å². The van der Waals surface area contributed by atoms with Gasteiger partial charge in [0.05, 0.1) is 0 Å². The average molecular weight is 231 g/mol. The van der Waals surface area contributed by atoms with Gasteiger partial charge < -0.3 is 5.32 Å². The Kier molecular flexibility index (Phi) is 6.14. The van der Waals surface area contributed by atoms with Crippen molar-refractivity contribution in [2.24, 2.45) is 0 Å². The third kappa shape index (κ3) is 4.93. The number of unbranched alkanes of at least 4 members (excludes halogenated alkanes) is 1. The molecule has 3 nitrogen and oxygen atoms in total. The molecule has 14 heavy (non-hydrogen) atoms. The molecule has 1 rings (SSSR count). The maximum atomic E-state index is 4.07. The van der Waals surface area contributed by atoms with Crippen LogP contribution in [0.3, 0.4) is 0 Å². The zero-order chi connectivity index (χ0) is 10.2.